The third kappa shape index (κ3) is 1.75. The standard InChI is InChI=1S/C14H13N3S/c1-2-9-3-5-10(6-4-9)11-7-18-14-12(11)13(15)16-8-17-14/h3-8H,2H2,1H3,(H2,15,16,17). The van der Waals surface area contributed by atoms with Crippen LogP contribution in [0.25, 0.3) is 21.3 Å². The van der Waals surface area contributed by atoms with Crippen LogP contribution in [0.15, 0.2) is 36.0 Å². The Bertz CT molecular complexity index is 686. The molecule has 2 heterocycles. The average Bonchev–Trinajstić information content (AvgIpc) is 2.84. The van der Waals surface area contributed by atoms with Gasteiger partial charge in [0, 0.05) is 10.9 Å². The Hall–Kier alpha value is -1.94. The van der Waals surface area contributed by atoms with Crippen LogP contribution in [-0.4, -0.2) is 9.97 Å². The first-order valence-corrected chi connectivity index (χ1v) is 6.74. The van der Waals surface area contributed by atoms with Crippen molar-refractivity contribution in [1.29, 1.82) is 0 Å². The van der Waals surface area contributed by atoms with Crippen molar-refractivity contribution in [2.24, 2.45) is 0 Å². The molecule has 3 nitrogen and oxygen atoms in total. The normalized spacial score (nSPS) is 10.9. The van der Waals surface area contributed by atoms with Crippen molar-refractivity contribution < 1.29 is 0 Å². The number of fused-ring (bicyclic) bond motifs is 1. The largest absolute Gasteiger partial charge is 0.383 e. The highest BCUT2D eigenvalue weighted by Crippen LogP contribution is 2.35. The highest BCUT2D eigenvalue weighted by molar-refractivity contribution is 7.17. The second-order valence-corrected chi connectivity index (χ2v) is 5.00. The molecular weight excluding hydrogens is 242 g/mol. The number of nitrogens with zero attached hydrogens (tertiary/aromatic N) is 2. The number of benzene rings is 1. The maximum absolute atomic E-state index is 5.95. The first-order valence-electron chi connectivity index (χ1n) is 5.86. The molecule has 0 aliphatic heterocycles. The zero-order chi connectivity index (χ0) is 12.5. The number of thiophene rings is 1. The van der Waals surface area contributed by atoms with E-state index in [0.29, 0.717) is 5.82 Å². The molecule has 2 aromatic heterocycles. The molecule has 0 amide bonds. The second-order valence-electron chi connectivity index (χ2n) is 4.14. The fourth-order valence-electron chi connectivity index (χ4n) is 2.03. The maximum Gasteiger partial charge on any atom is 0.136 e. The molecule has 0 radical (unpaired) electrons. The molecule has 0 atom stereocenters. The summed E-state index contributed by atoms with van der Waals surface area (Å²) < 4.78 is 0. The summed E-state index contributed by atoms with van der Waals surface area (Å²) in [7, 11) is 0. The van der Waals surface area contributed by atoms with E-state index in [-0.39, 0.29) is 0 Å². The Kier molecular flexibility index (Phi) is 2.72. The summed E-state index contributed by atoms with van der Waals surface area (Å²) in [4.78, 5) is 9.26. The number of aromatic nitrogens is 2. The van der Waals surface area contributed by atoms with E-state index in [9.17, 15) is 0 Å². The molecule has 90 valence electrons. The van der Waals surface area contributed by atoms with Crippen molar-refractivity contribution in [1.82, 2.24) is 9.97 Å². The van der Waals surface area contributed by atoms with Crippen LogP contribution in [0.1, 0.15) is 12.5 Å². The van der Waals surface area contributed by atoms with Gasteiger partial charge in [0.05, 0.1) is 5.39 Å². The molecule has 4 heteroatoms. The Morgan fingerprint density at radius 1 is 1.17 bits per heavy atom. The van der Waals surface area contributed by atoms with Crippen molar-refractivity contribution in [2.75, 3.05) is 5.73 Å². The van der Waals surface area contributed by atoms with Crippen molar-refractivity contribution in [3.63, 3.8) is 0 Å². The van der Waals surface area contributed by atoms with Gasteiger partial charge in [0.15, 0.2) is 0 Å². The zero-order valence-electron chi connectivity index (χ0n) is 10.1. The minimum Gasteiger partial charge on any atom is -0.383 e. The molecule has 18 heavy (non-hydrogen) atoms. The zero-order valence-corrected chi connectivity index (χ0v) is 10.9. The van der Waals surface area contributed by atoms with Crippen molar-refractivity contribution in [2.45, 2.75) is 13.3 Å². The Morgan fingerprint density at radius 2 is 1.94 bits per heavy atom. The van der Waals surface area contributed by atoms with Crippen molar-refractivity contribution in [3.05, 3.63) is 41.5 Å². The van der Waals surface area contributed by atoms with Crippen LogP contribution in [0.4, 0.5) is 5.82 Å². The predicted molar refractivity (Wildman–Crippen MR) is 76.6 cm³/mol. The Labute approximate surface area is 109 Å². The summed E-state index contributed by atoms with van der Waals surface area (Å²) in [6.45, 7) is 2.15. The van der Waals surface area contributed by atoms with Gasteiger partial charge in [0.25, 0.3) is 0 Å². The summed E-state index contributed by atoms with van der Waals surface area (Å²) in [5.74, 6) is 0.552. The van der Waals surface area contributed by atoms with E-state index >= 15 is 0 Å². The van der Waals surface area contributed by atoms with E-state index in [1.165, 1.54) is 17.5 Å². The predicted octanol–water partition coefficient (Wildman–Crippen LogP) is 3.50. The third-order valence-electron chi connectivity index (χ3n) is 3.07. The van der Waals surface area contributed by atoms with Crippen molar-refractivity contribution in [3.8, 4) is 11.1 Å². The Balaban J connectivity index is 2.18. The monoisotopic (exact) mass is 255 g/mol. The van der Waals surface area contributed by atoms with Gasteiger partial charge in [-0.15, -0.1) is 11.3 Å². The highest BCUT2D eigenvalue weighted by atomic mass is 32.1. The summed E-state index contributed by atoms with van der Waals surface area (Å²) in [6.07, 6.45) is 2.56. The molecule has 0 fully saturated rings. The first kappa shape index (κ1) is 11.2. The van der Waals surface area contributed by atoms with Crippen LogP contribution in [-0.2, 0) is 6.42 Å². The van der Waals surface area contributed by atoms with Crippen LogP contribution in [0.2, 0.25) is 0 Å². The molecule has 0 bridgehead atoms. The summed E-state index contributed by atoms with van der Waals surface area (Å²) in [5, 5.41) is 3.06. The van der Waals surface area contributed by atoms with Crippen LogP contribution in [0.5, 0.6) is 0 Å². The van der Waals surface area contributed by atoms with E-state index < -0.39 is 0 Å². The van der Waals surface area contributed by atoms with Gasteiger partial charge in [-0.3, -0.25) is 0 Å². The number of hydrogen-bond acceptors (Lipinski definition) is 4. The first-order chi connectivity index (χ1) is 8.79. The molecule has 0 unspecified atom stereocenters. The van der Waals surface area contributed by atoms with Gasteiger partial charge in [0.2, 0.25) is 0 Å². The lowest BCUT2D eigenvalue weighted by Crippen LogP contribution is -1.92. The number of hydrogen-bond donors (Lipinski definition) is 1. The molecule has 1 aromatic carbocycles. The number of nitrogens with two attached hydrogens (primary N) is 1. The van der Waals surface area contributed by atoms with Gasteiger partial charge < -0.3 is 5.73 Å². The van der Waals surface area contributed by atoms with Crippen LogP contribution in [0, 0.1) is 0 Å². The number of nitrogen functional groups attached to an aromatic ring is 1. The molecule has 3 aromatic rings. The lowest BCUT2D eigenvalue weighted by molar-refractivity contribution is 1.14. The van der Waals surface area contributed by atoms with Gasteiger partial charge >= 0.3 is 0 Å². The van der Waals surface area contributed by atoms with Crippen LogP contribution >= 0.6 is 11.3 Å². The van der Waals surface area contributed by atoms with Crippen molar-refractivity contribution >= 4 is 27.4 Å². The van der Waals surface area contributed by atoms with Crippen LogP contribution in [0.3, 0.4) is 0 Å². The molecule has 0 aliphatic rings. The quantitative estimate of drug-likeness (QED) is 0.762. The number of anilines is 1. The summed E-state index contributed by atoms with van der Waals surface area (Å²) in [6, 6.07) is 8.57. The molecule has 3 rings (SSSR count). The lowest BCUT2D eigenvalue weighted by Gasteiger charge is -2.03. The van der Waals surface area contributed by atoms with E-state index in [4.69, 9.17) is 5.73 Å². The SMILES string of the molecule is CCc1ccc(-c2csc3ncnc(N)c23)cc1. The topological polar surface area (TPSA) is 51.8 Å². The molecular formula is C14H13N3S. The lowest BCUT2D eigenvalue weighted by atomic mass is 10.0. The highest BCUT2D eigenvalue weighted by Gasteiger charge is 2.10. The molecule has 0 spiro atoms. The van der Waals surface area contributed by atoms with E-state index in [0.717, 1.165) is 22.2 Å². The van der Waals surface area contributed by atoms with Gasteiger partial charge in [0.1, 0.15) is 17.0 Å². The second kappa shape index (κ2) is 4.38. The smallest absolute Gasteiger partial charge is 0.136 e. The molecule has 0 saturated heterocycles. The van der Waals surface area contributed by atoms with Gasteiger partial charge in [-0.05, 0) is 17.5 Å². The third-order valence-corrected chi connectivity index (χ3v) is 3.96. The van der Waals surface area contributed by atoms with Crippen LogP contribution < -0.4 is 5.73 Å². The van der Waals surface area contributed by atoms with Gasteiger partial charge in [-0.25, -0.2) is 9.97 Å². The Morgan fingerprint density at radius 3 is 2.67 bits per heavy atom. The van der Waals surface area contributed by atoms with E-state index in [1.54, 1.807) is 11.3 Å². The minimum absolute atomic E-state index is 0.552. The van der Waals surface area contributed by atoms with Gasteiger partial charge in [-0.2, -0.15) is 0 Å². The van der Waals surface area contributed by atoms with E-state index in [2.05, 4.69) is 46.5 Å². The number of aryl methyl sites for hydroxylation is 1. The minimum atomic E-state index is 0.552. The molecule has 2 N–H and O–H groups in total. The van der Waals surface area contributed by atoms with Gasteiger partial charge in [-0.1, -0.05) is 31.2 Å². The fraction of sp³-hybridized carbons (Fsp3) is 0.143. The molecule has 0 aliphatic carbocycles. The summed E-state index contributed by atoms with van der Waals surface area (Å²) in [5.41, 5.74) is 9.57. The molecule has 0 saturated carbocycles. The van der Waals surface area contributed by atoms with E-state index in [1.807, 2.05) is 0 Å². The number of rotatable bonds is 2. The fourth-order valence-corrected chi connectivity index (χ4v) is 2.95. The average molecular weight is 255 g/mol. The maximum atomic E-state index is 5.95. The summed E-state index contributed by atoms with van der Waals surface area (Å²) >= 11 is 1.60.